The number of hydrogen-bond acceptors (Lipinski definition) is 4. The molecule has 0 saturated heterocycles. The fourth-order valence-electron chi connectivity index (χ4n) is 4.55. The first-order chi connectivity index (χ1) is 18.8. The minimum atomic E-state index is -4.10. The molecule has 0 aliphatic heterocycles. The van der Waals surface area contributed by atoms with E-state index in [2.05, 4.69) is 5.32 Å². The van der Waals surface area contributed by atoms with Crippen molar-refractivity contribution in [2.45, 2.75) is 78.4 Å². The Morgan fingerprint density at radius 1 is 0.850 bits per heavy atom. The zero-order valence-corrected chi connectivity index (χ0v) is 25.4. The van der Waals surface area contributed by atoms with Gasteiger partial charge in [-0.1, -0.05) is 66.6 Å². The van der Waals surface area contributed by atoms with E-state index in [0.717, 1.165) is 27.8 Å². The van der Waals surface area contributed by atoms with Crippen molar-refractivity contribution in [2.24, 2.45) is 0 Å². The van der Waals surface area contributed by atoms with E-state index in [1.165, 1.54) is 9.21 Å². The third kappa shape index (κ3) is 7.30. The summed E-state index contributed by atoms with van der Waals surface area (Å²) in [5.41, 5.74) is 4.98. The number of rotatable bonds is 11. The van der Waals surface area contributed by atoms with Crippen LogP contribution in [0.4, 0.5) is 5.69 Å². The van der Waals surface area contributed by atoms with E-state index >= 15 is 0 Å². The summed E-state index contributed by atoms with van der Waals surface area (Å²) in [5.74, 6) is -0.722. The highest BCUT2D eigenvalue weighted by Crippen LogP contribution is 2.29. The number of benzene rings is 3. The second kappa shape index (κ2) is 13.1. The number of sulfonamides is 1. The van der Waals surface area contributed by atoms with Crippen molar-refractivity contribution in [1.29, 1.82) is 0 Å². The molecule has 8 heteroatoms. The van der Waals surface area contributed by atoms with Gasteiger partial charge in [0.15, 0.2) is 0 Å². The molecule has 7 nitrogen and oxygen atoms in total. The zero-order valence-electron chi connectivity index (χ0n) is 24.6. The molecule has 0 fully saturated rings. The second-order valence-corrected chi connectivity index (χ2v) is 12.5. The van der Waals surface area contributed by atoms with Gasteiger partial charge in [0.25, 0.3) is 10.0 Å². The lowest BCUT2D eigenvalue weighted by atomic mass is 10.1. The van der Waals surface area contributed by atoms with Crippen molar-refractivity contribution < 1.29 is 18.0 Å². The van der Waals surface area contributed by atoms with E-state index in [1.807, 2.05) is 78.8 Å². The topological polar surface area (TPSA) is 86.8 Å². The summed E-state index contributed by atoms with van der Waals surface area (Å²) < 4.78 is 29.3. The number of hydrogen-bond donors (Lipinski definition) is 1. The summed E-state index contributed by atoms with van der Waals surface area (Å²) >= 11 is 0. The Kier molecular flexibility index (Phi) is 10.1. The summed E-state index contributed by atoms with van der Waals surface area (Å²) in [7, 11) is -4.10. The highest BCUT2D eigenvalue weighted by molar-refractivity contribution is 7.92. The van der Waals surface area contributed by atoms with Crippen LogP contribution in [0, 0.1) is 27.7 Å². The first-order valence-electron chi connectivity index (χ1n) is 13.7. The van der Waals surface area contributed by atoms with Crippen LogP contribution in [0.1, 0.15) is 55.0 Å². The molecule has 1 atom stereocenters. The third-order valence-corrected chi connectivity index (χ3v) is 8.80. The SMILES string of the molecule is CC[C@H](C(=O)NC(C)C)N(Cc1ccc(C)cc1)C(=O)CN(c1cccc(C)c1C)S(=O)(=O)c1ccc(C)cc1. The van der Waals surface area contributed by atoms with Crippen LogP contribution in [0.5, 0.6) is 0 Å². The van der Waals surface area contributed by atoms with Crippen LogP contribution >= 0.6 is 0 Å². The Morgan fingerprint density at radius 3 is 1.98 bits per heavy atom. The molecule has 0 spiro atoms. The standard InChI is InChI=1S/C32H41N3O4S/c1-8-29(32(37)33-22(2)3)34(20-27-16-12-23(4)13-17-27)31(36)21-35(30-11-9-10-25(6)26(30)7)40(38,39)28-18-14-24(5)15-19-28/h9-19,22,29H,8,20-21H2,1-7H3,(H,33,37)/t29-/m1/s1. The molecule has 0 aliphatic rings. The van der Waals surface area contributed by atoms with E-state index in [-0.39, 0.29) is 23.4 Å². The lowest BCUT2D eigenvalue weighted by Gasteiger charge is -2.34. The van der Waals surface area contributed by atoms with Crippen LogP contribution in [-0.2, 0) is 26.2 Å². The van der Waals surface area contributed by atoms with Gasteiger partial charge in [0.1, 0.15) is 12.6 Å². The van der Waals surface area contributed by atoms with Gasteiger partial charge in [-0.05, 0) is 82.9 Å². The van der Waals surface area contributed by atoms with Crippen molar-refractivity contribution >= 4 is 27.5 Å². The van der Waals surface area contributed by atoms with Gasteiger partial charge in [0.2, 0.25) is 11.8 Å². The van der Waals surface area contributed by atoms with Gasteiger partial charge >= 0.3 is 0 Å². The molecule has 3 aromatic carbocycles. The summed E-state index contributed by atoms with van der Waals surface area (Å²) in [6.07, 6.45) is 0.379. The highest BCUT2D eigenvalue weighted by atomic mass is 32.2. The molecular weight excluding hydrogens is 522 g/mol. The molecule has 40 heavy (non-hydrogen) atoms. The van der Waals surface area contributed by atoms with Gasteiger partial charge in [-0.15, -0.1) is 0 Å². The maximum atomic E-state index is 14.2. The average molecular weight is 564 g/mol. The average Bonchev–Trinajstić information content (AvgIpc) is 2.89. The number of nitrogens with one attached hydrogen (secondary N) is 1. The summed E-state index contributed by atoms with van der Waals surface area (Å²) in [5, 5.41) is 2.92. The quantitative estimate of drug-likeness (QED) is 0.336. The number of nitrogens with zero attached hydrogens (tertiary/aromatic N) is 2. The first kappa shape index (κ1) is 30.9. The van der Waals surface area contributed by atoms with Crippen molar-refractivity contribution in [3.63, 3.8) is 0 Å². The minimum Gasteiger partial charge on any atom is -0.352 e. The normalized spacial score (nSPS) is 12.2. The van der Waals surface area contributed by atoms with E-state index in [0.29, 0.717) is 12.1 Å². The molecule has 0 bridgehead atoms. The Bertz CT molecular complexity index is 1430. The van der Waals surface area contributed by atoms with E-state index in [9.17, 15) is 18.0 Å². The van der Waals surface area contributed by atoms with Crippen molar-refractivity contribution in [2.75, 3.05) is 10.8 Å². The predicted octanol–water partition coefficient (Wildman–Crippen LogP) is 5.45. The van der Waals surface area contributed by atoms with Crippen LogP contribution in [0.25, 0.3) is 0 Å². The Hall–Kier alpha value is -3.65. The number of amides is 2. The largest absolute Gasteiger partial charge is 0.352 e. The van der Waals surface area contributed by atoms with Crippen LogP contribution in [-0.4, -0.2) is 43.8 Å². The fraction of sp³-hybridized carbons (Fsp3) is 0.375. The van der Waals surface area contributed by atoms with Gasteiger partial charge in [0.05, 0.1) is 10.6 Å². The number of aryl methyl sites for hydroxylation is 3. The highest BCUT2D eigenvalue weighted by Gasteiger charge is 2.34. The van der Waals surface area contributed by atoms with Crippen molar-refractivity contribution in [3.05, 3.63) is 94.5 Å². The van der Waals surface area contributed by atoms with Gasteiger partial charge in [0, 0.05) is 12.6 Å². The van der Waals surface area contributed by atoms with Gasteiger partial charge in [-0.3, -0.25) is 13.9 Å². The van der Waals surface area contributed by atoms with Crippen LogP contribution < -0.4 is 9.62 Å². The van der Waals surface area contributed by atoms with E-state index in [4.69, 9.17) is 0 Å². The summed E-state index contributed by atoms with van der Waals surface area (Å²) in [6.45, 7) is 12.9. The first-order valence-corrected chi connectivity index (χ1v) is 15.1. The Labute approximate surface area is 239 Å². The number of carbonyl (C=O) groups is 2. The second-order valence-electron chi connectivity index (χ2n) is 10.6. The monoisotopic (exact) mass is 563 g/mol. The fourth-order valence-corrected chi connectivity index (χ4v) is 6.02. The van der Waals surface area contributed by atoms with Crippen molar-refractivity contribution in [1.82, 2.24) is 10.2 Å². The summed E-state index contributed by atoms with van der Waals surface area (Å²) in [4.78, 5) is 29.0. The van der Waals surface area contributed by atoms with E-state index < -0.39 is 28.5 Å². The molecule has 3 aromatic rings. The lowest BCUT2D eigenvalue weighted by Crippen LogP contribution is -2.53. The van der Waals surface area contributed by atoms with Gasteiger partial charge < -0.3 is 10.2 Å². The third-order valence-electron chi connectivity index (χ3n) is 7.02. The maximum absolute atomic E-state index is 14.2. The van der Waals surface area contributed by atoms with Crippen LogP contribution in [0.2, 0.25) is 0 Å². The molecule has 2 amide bonds. The smallest absolute Gasteiger partial charge is 0.264 e. The zero-order chi connectivity index (χ0) is 29.6. The molecule has 1 N–H and O–H groups in total. The van der Waals surface area contributed by atoms with Crippen LogP contribution in [0.3, 0.4) is 0 Å². The molecule has 214 valence electrons. The Balaban J connectivity index is 2.10. The van der Waals surface area contributed by atoms with E-state index in [1.54, 1.807) is 36.4 Å². The number of carbonyl (C=O) groups excluding carboxylic acids is 2. The van der Waals surface area contributed by atoms with Gasteiger partial charge in [-0.25, -0.2) is 8.42 Å². The minimum absolute atomic E-state index is 0.0986. The van der Waals surface area contributed by atoms with Crippen LogP contribution in [0.15, 0.2) is 71.6 Å². The van der Waals surface area contributed by atoms with Gasteiger partial charge in [-0.2, -0.15) is 0 Å². The molecule has 0 saturated carbocycles. The predicted molar refractivity (Wildman–Crippen MR) is 161 cm³/mol. The molecular formula is C32H41N3O4S. The molecule has 0 aliphatic carbocycles. The Morgan fingerprint density at radius 2 is 1.43 bits per heavy atom. The molecule has 0 radical (unpaired) electrons. The number of anilines is 1. The molecule has 0 unspecified atom stereocenters. The molecule has 0 heterocycles. The maximum Gasteiger partial charge on any atom is 0.264 e. The lowest BCUT2D eigenvalue weighted by molar-refractivity contribution is -0.140. The van der Waals surface area contributed by atoms with Crippen molar-refractivity contribution in [3.8, 4) is 0 Å². The molecule has 3 rings (SSSR count). The summed E-state index contributed by atoms with van der Waals surface area (Å²) in [6, 6.07) is 18.9. The molecule has 0 aromatic heterocycles.